The minimum atomic E-state index is -0.986. The van der Waals surface area contributed by atoms with E-state index >= 15 is 0 Å². The fourth-order valence-electron chi connectivity index (χ4n) is 7.95. The van der Waals surface area contributed by atoms with E-state index in [1.165, 1.54) is 21.1 Å². The van der Waals surface area contributed by atoms with E-state index in [-0.39, 0.29) is 48.5 Å². The number of Topliss-reactive ketones (excluding diaryl/α,β-unsaturated/α-hetero) is 2. The number of aryl methyl sites for hydroxylation is 1. The molecule has 1 saturated heterocycles. The van der Waals surface area contributed by atoms with E-state index in [9.17, 15) is 24.4 Å². The van der Waals surface area contributed by atoms with Crippen LogP contribution in [0.15, 0.2) is 28.5 Å². The number of fused-ring (bicyclic) bond motifs is 6. The molecule has 6 atom stereocenters. The molecule has 2 bridgehead atoms. The van der Waals surface area contributed by atoms with Gasteiger partial charge in [-0.1, -0.05) is 6.07 Å². The summed E-state index contributed by atoms with van der Waals surface area (Å²) < 4.78 is 28.1. The Morgan fingerprint density at radius 1 is 1.06 bits per heavy atom. The van der Waals surface area contributed by atoms with Crippen LogP contribution in [0.4, 0.5) is 4.79 Å². The summed E-state index contributed by atoms with van der Waals surface area (Å²) in [5.41, 5.74) is 2.68. The van der Waals surface area contributed by atoms with Crippen LogP contribution in [0.2, 0.25) is 0 Å². The third-order valence-corrected chi connectivity index (χ3v) is 9.96. The molecule has 2 amide bonds. The summed E-state index contributed by atoms with van der Waals surface area (Å²) in [6.07, 6.45) is -0.0997. The predicted octanol–water partition coefficient (Wildman–Crippen LogP) is 2.63. The summed E-state index contributed by atoms with van der Waals surface area (Å²) in [7, 11) is 6.41. The SMILES string of the molecule is COCOc1c(OC)c(C)cc2c1[C@@H]1C3CC4=C(C(=O)C(OC)=C(C)C4=O)[C@H](CNC(=O)[C@H](C)NC(=O)OC(C)(C)C)N3[C@@H](C#N)C(C2)N1C. The summed E-state index contributed by atoms with van der Waals surface area (Å²) in [6.45, 7) is 10.0. The predicted molar refractivity (Wildman–Crippen MR) is 180 cm³/mol. The van der Waals surface area contributed by atoms with Crippen molar-refractivity contribution in [2.75, 3.05) is 41.7 Å². The number of carbonyl (C=O) groups excluding carboxylic acids is 4. The minimum absolute atomic E-state index is 0.0302. The normalized spacial score (nSPS) is 25.5. The first-order chi connectivity index (χ1) is 23.6. The zero-order chi connectivity index (χ0) is 36.8. The zero-order valence-electron chi connectivity index (χ0n) is 30.4. The van der Waals surface area contributed by atoms with Crippen LogP contribution in [0.25, 0.3) is 0 Å². The van der Waals surface area contributed by atoms with E-state index in [1.54, 1.807) is 34.8 Å². The summed E-state index contributed by atoms with van der Waals surface area (Å²) in [5, 5.41) is 16.2. The van der Waals surface area contributed by atoms with Crippen molar-refractivity contribution in [2.45, 2.75) is 96.2 Å². The van der Waals surface area contributed by atoms with Gasteiger partial charge >= 0.3 is 6.09 Å². The molecule has 2 unspecified atom stereocenters. The Bertz CT molecular complexity index is 1700. The second-order valence-corrected chi connectivity index (χ2v) is 14.2. The maximum atomic E-state index is 14.1. The van der Waals surface area contributed by atoms with E-state index < -0.39 is 53.6 Å². The molecule has 3 aliphatic heterocycles. The summed E-state index contributed by atoms with van der Waals surface area (Å²) >= 11 is 0. The van der Waals surface area contributed by atoms with Crippen LogP contribution < -0.4 is 20.1 Å². The lowest BCUT2D eigenvalue weighted by Gasteiger charge is -2.60. The van der Waals surface area contributed by atoms with E-state index in [1.807, 2.05) is 18.9 Å². The van der Waals surface area contributed by atoms with Gasteiger partial charge < -0.3 is 34.3 Å². The molecule has 1 fully saturated rings. The number of amides is 2. The average Bonchev–Trinajstić information content (AvgIpc) is 3.04. The number of ketones is 2. The maximum Gasteiger partial charge on any atom is 0.408 e. The van der Waals surface area contributed by atoms with Crippen molar-refractivity contribution in [3.05, 3.63) is 45.2 Å². The molecule has 14 nitrogen and oxygen atoms in total. The van der Waals surface area contributed by atoms with Crippen molar-refractivity contribution in [2.24, 2.45) is 0 Å². The fourth-order valence-corrected chi connectivity index (χ4v) is 7.95. The molecule has 50 heavy (non-hydrogen) atoms. The van der Waals surface area contributed by atoms with Crippen LogP contribution in [0.3, 0.4) is 0 Å². The smallest absolute Gasteiger partial charge is 0.408 e. The second-order valence-electron chi connectivity index (χ2n) is 14.2. The first-order valence-electron chi connectivity index (χ1n) is 16.7. The highest BCUT2D eigenvalue weighted by atomic mass is 16.7. The average molecular weight is 694 g/mol. The molecule has 0 saturated carbocycles. The van der Waals surface area contributed by atoms with Crippen LogP contribution in [-0.4, -0.2) is 111 Å². The number of rotatable bonds is 9. The van der Waals surface area contributed by atoms with Crippen molar-refractivity contribution in [1.82, 2.24) is 20.4 Å². The number of likely N-dealkylation sites (N-methyl/N-ethyl adjacent to an activating group) is 1. The molecule has 4 aliphatic rings. The number of alkyl carbamates (subject to hydrolysis) is 1. The molecule has 1 aromatic carbocycles. The van der Waals surface area contributed by atoms with Gasteiger partial charge in [-0.2, -0.15) is 5.26 Å². The van der Waals surface area contributed by atoms with E-state index in [0.29, 0.717) is 23.5 Å². The van der Waals surface area contributed by atoms with Gasteiger partial charge in [-0.3, -0.25) is 24.2 Å². The first kappa shape index (κ1) is 36.8. The van der Waals surface area contributed by atoms with E-state index in [0.717, 1.165) is 16.7 Å². The van der Waals surface area contributed by atoms with Gasteiger partial charge in [-0.25, -0.2) is 4.79 Å². The lowest BCUT2D eigenvalue weighted by Crippen LogP contribution is -2.71. The van der Waals surface area contributed by atoms with E-state index in [2.05, 4.69) is 27.7 Å². The van der Waals surface area contributed by atoms with Crippen LogP contribution in [-0.2, 0) is 35.0 Å². The van der Waals surface area contributed by atoms with E-state index in [4.69, 9.17) is 23.7 Å². The number of nitrogens with one attached hydrogen (secondary N) is 2. The quantitative estimate of drug-likeness (QED) is 0.287. The van der Waals surface area contributed by atoms with Crippen molar-refractivity contribution >= 4 is 23.6 Å². The largest absolute Gasteiger partial charge is 0.493 e. The van der Waals surface area contributed by atoms with Crippen molar-refractivity contribution < 1.29 is 42.9 Å². The molecule has 0 spiro atoms. The highest BCUT2D eigenvalue weighted by Crippen LogP contribution is 2.54. The summed E-state index contributed by atoms with van der Waals surface area (Å²) in [6, 6.07) is 0.775. The number of hydrogen-bond acceptors (Lipinski definition) is 12. The van der Waals surface area contributed by atoms with Crippen molar-refractivity contribution in [3.8, 4) is 17.6 Å². The van der Waals surface area contributed by atoms with Gasteiger partial charge in [-0.05, 0) is 72.6 Å². The number of methoxy groups -OCH3 is 3. The topological polar surface area (TPSA) is 169 Å². The zero-order valence-corrected chi connectivity index (χ0v) is 30.4. The second kappa shape index (κ2) is 14.0. The van der Waals surface area contributed by atoms with Gasteiger partial charge in [0, 0.05) is 48.0 Å². The Morgan fingerprint density at radius 3 is 2.36 bits per heavy atom. The van der Waals surface area contributed by atoms with Gasteiger partial charge in [0.25, 0.3) is 0 Å². The molecule has 270 valence electrons. The molecular weight excluding hydrogens is 646 g/mol. The summed E-state index contributed by atoms with van der Waals surface area (Å²) in [4.78, 5) is 58.1. The monoisotopic (exact) mass is 693 g/mol. The lowest BCUT2D eigenvalue weighted by atomic mass is 9.69. The third kappa shape index (κ3) is 6.34. The Hall–Kier alpha value is -4.45. The molecule has 5 rings (SSSR count). The van der Waals surface area contributed by atoms with Crippen LogP contribution in [0.1, 0.15) is 63.8 Å². The maximum absolute atomic E-state index is 14.1. The lowest BCUT2D eigenvalue weighted by molar-refractivity contribution is -0.125. The van der Waals surface area contributed by atoms with Gasteiger partial charge in [0.1, 0.15) is 17.7 Å². The standard InChI is InChI=1S/C36H47N5O9/c1-17-11-20-12-22-24(14-37)41-23(28(40(22)7)26(20)33(31(17)47-9)49-16-46-8)13-21-27(30(43)32(48-10)18(2)29(21)42)25(41)15-38-34(44)19(3)39-35(45)50-36(4,5)6/h11,19,22-25,28H,12-13,15-16H2,1-10H3,(H,38,44)(H,39,45)/t19-,22?,23?,24-,25-,28-/m0/s1. The molecular formula is C36H47N5O9. The number of carbonyl (C=O) groups is 4. The molecule has 1 aliphatic carbocycles. The first-order valence-corrected chi connectivity index (χ1v) is 16.7. The Labute approximate surface area is 292 Å². The molecule has 0 aromatic heterocycles. The number of nitrogens with zero attached hydrogens (tertiary/aromatic N) is 3. The van der Waals surface area contributed by atoms with Gasteiger partial charge in [0.05, 0.1) is 32.4 Å². The van der Waals surface area contributed by atoms with Gasteiger partial charge in [0.2, 0.25) is 11.7 Å². The highest BCUT2D eigenvalue weighted by molar-refractivity contribution is 6.25. The van der Waals surface area contributed by atoms with Crippen LogP contribution in [0, 0.1) is 18.3 Å². The number of hydrogen-bond donors (Lipinski definition) is 2. The molecule has 0 radical (unpaired) electrons. The number of allylic oxidation sites excluding steroid dienone is 2. The molecule has 14 heteroatoms. The van der Waals surface area contributed by atoms with Crippen molar-refractivity contribution in [3.63, 3.8) is 0 Å². The number of benzene rings is 1. The van der Waals surface area contributed by atoms with Crippen LogP contribution in [0.5, 0.6) is 11.5 Å². The summed E-state index contributed by atoms with van der Waals surface area (Å²) in [5.74, 6) is -0.298. The van der Waals surface area contributed by atoms with Gasteiger partial charge in [0.15, 0.2) is 29.8 Å². The number of nitriles is 1. The number of ether oxygens (including phenoxy) is 5. The third-order valence-electron chi connectivity index (χ3n) is 9.96. The Morgan fingerprint density at radius 2 is 1.76 bits per heavy atom. The molecule has 1 aromatic rings. The molecule has 2 N–H and O–H groups in total. The highest BCUT2D eigenvalue weighted by Gasteiger charge is 2.58. The Kier molecular flexibility index (Phi) is 10.3. The van der Waals surface area contributed by atoms with Crippen molar-refractivity contribution in [1.29, 1.82) is 5.26 Å². The fraction of sp³-hybridized carbons (Fsp3) is 0.583. The molecule has 3 heterocycles. The Balaban J connectivity index is 1.62. The van der Waals surface area contributed by atoms with Gasteiger partial charge in [-0.15, -0.1) is 0 Å². The number of piperazine rings is 1. The minimum Gasteiger partial charge on any atom is -0.493 e. The van der Waals surface area contributed by atoms with Crippen LogP contribution >= 0.6 is 0 Å².